The number of aliphatic hydroxyl groups is 1. The van der Waals surface area contributed by atoms with Gasteiger partial charge in [-0.05, 0) is 104 Å². The van der Waals surface area contributed by atoms with Gasteiger partial charge in [-0.1, -0.05) is 12.1 Å². The third-order valence-electron chi connectivity index (χ3n) is 7.06. The summed E-state index contributed by atoms with van der Waals surface area (Å²) in [6, 6.07) is 15.6. The molecule has 0 heterocycles. The molecule has 27 heavy (non-hydrogen) atoms. The van der Waals surface area contributed by atoms with Crippen molar-refractivity contribution in [3.05, 3.63) is 59.7 Å². The van der Waals surface area contributed by atoms with E-state index in [1.165, 1.54) is 44.1 Å². The van der Waals surface area contributed by atoms with Crippen LogP contribution < -0.4 is 4.74 Å². The van der Waals surface area contributed by atoms with Crippen LogP contribution in [0.2, 0.25) is 0 Å². The van der Waals surface area contributed by atoms with E-state index in [-0.39, 0.29) is 5.78 Å². The molecule has 0 amide bonds. The highest BCUT2D eigenvalue weighted by atomic mass is 16.5. The third-order valence-corrected chi connectivity index (χ3v) is 7.06. The Hall–Kier alpha value is -2.13. The molecule has 4 saturated carbocycles. The number of hydrogen-bond acceptors (Lipinski definition) is 3. The quantitative estimate of drug-likeness (QED) is 0.751. The van der Waals surface area contributed by atoms with Crippen molar-refractivity contribution >= 4 is 5.78 Å². The molecule has 0 atom stereocenters. The number of hydrogen-bond donors (Lipinski definition) is 1. The topological polar surface area (TPSA) is 46.5 Å². The van der Waals surface area contributed by atoms with Gasteiger partial charge in [-0.25, -0.2) is 0 Å². The molecule has 2 aromatic rings. The molecule has 0 aromatic heterocycles. The van der Waals surface area contributed by atoms with Crippen molar-refractivity contribution < 1.29 is 14.6 Å². The van der Waals surface area contributed by atoms with Gasteiger partial charge < -0.3 is 9.84 Å². The Balaban J connectivity index is 1.31. The van der Waals surface area contributed by atoms with Crippen LogP contribution in [0.15, 0.2) is 48.5 Å². The zero-order valence-corrected chi connectivity index (χ0v) is 15.6. The van der Waals surface area contributed by atoms with Crippen LogP contribution in [-0.2, 0) is 5.41 Å². The highest BCUT2D eigenvalue weighted by Crippen LogP contribution is 2.60. The molecule has 1 N–H and O–H groups in total. The Morgan fingerprint density at radius 1 is 0.852 bits per heavy atom. The van der Waals surface area contributed by atoms with Gasteiger partial charge >= 0.3 is 0 Å². The summed E-state index contributed by atoms with van der Waals surface area (Å²) in [5, 5.41) is 8.93. The highest BCUT2D eigenvalue weighted by molar-refractivity contribution is 5.96. The molecule has 4 aliphatic rings. The number of aliphatic hydroxyl groups excluding tert-OH is 1. The maximum Gasteiger partial charge on any atom is 0.188 e. The van der Waals surface area contributed by atoms with E-state index in [9.17, 15) is 4.79 Å². The van der Waals surface area contributed by atoms with Gasteiger partial charge in [0, 0.05) is 5.56 Å². The lowest BCUT2D eigenvalue weighted by Crippen LogP contribution is -2.48. The normalized spacial score (nSPS) is 31.1. The Kier molecular flexibility index (Phi) is 4.08. The maximum absolute atomic E-state index is 11.5. The predicted molar refractivity (Wildman–Crippen MR) is 104 cm³/mol. The summed E-state index contributed by atoms with van der Waals surface area (Å²) in [4.78, 5) is 11.5. The molecule has 6 rings (SSSR count). The van der Waals surface area contributed by atoms with Crippen LogP contribution in [0.4, 0.5) is 0 Å². The molecule has 140 valence electrons. The molecule has 0 saturated heterocycles. The molecule has 0 spiro atoms. The van der Waals surface area contributed by atoms with E-state index < -0.39 is 6.61 Å². The number of ketones is 1. The minimum atomic E-state index is -0.466. The summed E-state index contributed by atoms with van der Waals surface area (Å²) in [6.45, 7) is -0.466. The molecular weight excluding hydrogens is 336 g/mol. The van der Waals surface area contributed by atoms with Crippen LogP contribution in [0.25, 0.3) is 0 Å². The second-order valence-corrected chi connectivity index (χ2v) is 8.93. The second kappa shape index (κ2) is 6.49. The largest absolute Gasteiger partial charge is 0.457 e. The van der Waals surface area contributed by atoms with Crippen LogP contribution in [0.5, 0.6) is 11.5 Å². The maximum atomic E-state index is 11.5. The Bertz CT molecular complexity index is 800. The van der Waals surface area contributed by atoms with Crippen molar-refractivity contribution in [1.29, 1.82) is 0 Å². The summed E-state index contributed by atoms with van der Waals surface area (Å²) in [7, 11) is 0. The molecule has 4 fully saturated rings. The van der Waals surface area contributed by atoms with Crippen molar-refractivity contribution in [3.63, 3.8) is 0 Å². The van der Waals surface area contributed by atoms with Crippen LogP contribution in [0, 0.1) is 17.8 Å². The van der Waals surface area contributed by atoms with E-state index >= 15 is 0 Å². The standard InChI is InChI=1S/C24H26O3/c25-15-23(26)19-1-5-21(6-2-19)27-22-7-3-20(4-8-22)24-12-16-9-17(13-24)11-18(10-16)14-24/h1-8,16-18,25H,9-15H2. The first-order valence-corrected chi connectivity index (χ1v) is 10.2. The van der Waals surface area contributed by atoms with Gasteiger partial charge in [-0.2, -0.15) is 0 Å². The SMILES string of the molecule is O=C(CO)c1ccc(Oc2ccc(C34CC5CC(CC(C5)C3)C4)cc2)cc1. The van der Waals surface area contributed by atoms with E-state index in [1.54, 1.807) is 24.3 Å². The van der Waals surface area contributed by atoms with E-state index in [2.05, 4.69) is 24.3 Å². The van der Waals surface area contributed by atoms with Gasteiger partial charge in [0.2, 0.25) is 0 Å². The molecule has 2 aromatic carbocycles. The van der Waals surface area contributed by atoms with Crippen molar-refractivity contribution in [2.45, 2.75) is 43.9 Å². The minimum absolute atomic E-state index is 0.276. The smallest absolute Gasteiger partial charge is 0.188 e. The first kappa shape index (κ1) is 17.0. The lowest BCUT2D eigenvalue weighted by molar-refractivity contribution is -0.00519. The fourth-order valence-corrected chi connectivity index (χ4v) is 6.28. The molecule has 0 unspecified atom stereocenters. The second-order valence-electron chi connectivity index (χ2n) is 8.93. The summed E-state index contributed by atoms with van der Waals surface area (Å²) < 4.78 is 5.95. The lowest BCUT2D eigenvalue weighted by atomic mass is 9.48. The number of carbonyl (C=O) groups excluding carboxylic acids is 1. The highest BCUT2D eigenvalue weighted by Gasteiger charge is 2.51. The van der Waals surface area contributed by atoms with Crippen molar-refractivity contribution in [2.24, 2.45) is 17.8 Å². The lowest BCUT2D eigenvalue weighted by Gasteiger charge is -2.57. The monoisotopic (exact) mass is 362 g/mol. The van der Waals surface area contributed by atoms with Gasteiger partial charge in [0.15, 0.2) is 5.78 Å². The van der Waals surface area contributed by atoms with E-state index in [0.717, 1.165) is 23.5 Å². The summed E-state index contributed by atoms with van der Waals surface area (Å²) >= 11 is 0. The van der Waals surface area contributed by atoms with Crippen molar-refractivity contribution in [2.75, 3.05) is 6.61 Å². The number of ether oxygens (including phenoxy) is 1. The van der Waals surface area contributed by atoms with E-state index in [4.69, 9.17) is 9.84 Å². The minimum Gasteiger partial charge on any atom is -0.457 e. The van der Waals surface area contributed by atoms with Crippen molar-refractivity contribution in [1.82, 2.24) is 0 Å². The van der Waals surface area contributed by atoms with Crippen LogP contribution in [-0.4, -0.2) is 17.5 Å². The Morgan fingerprint density at radius 3 is 1.81 bits per heavy atom. The average molecular weight is 362 g/mol. The molecule has 4 bridgehead atoms. The molecular formula is C24H26O3. The van der Waals surface area contributed by atoms with Crippen LogP contribution in [0.1, 0.15) is 54.4 Å². The molecule has 0 aliphatic heterocycles. The van der Waals surface area contributed by atoms with Crippen molar-refractivity contribution in [3.8, 4) is 11.5 Å². The summed E-state index contributed by atoms with van der Waals surface area (Å²) in [5.41, 5.74) is 2.42. The molecule has 0 radical (unpaired) electrons. The van der Waals surface area contributed by atoms with Crippen LogP contribution in [0.3, 0.4) is 0 Å². The number of Topliss-reactive ketones (excluding diaryl/α,β-unsaturated/α-hetero) is 1. The fraction of sp³-hybridized carbons (Fsp3) is 0.458. The first-order valence-electron chi connectivity index (χ1n) is 10.2. The zero-order chi connectivity index (χ0) is 18.4. The van der Waals surface area contributed by atoms with Gasteiger partial charge in [0.1, 0.15) is 18.1 Å². The van der Waals surface area contributed by atoms with Gasteiger partial charge in [-0.15, -0.1) is 0 Å². The Morgan fingerprint density at radius 2 is 1.33 bits per heavy atom. The van der Waals surface area contributed by atoms with E-state index in [0.29, 0.717) is 16.7 Å². The fourth-order valence-electron chi connectivity index (χ4n) is 6.28. The average Bonchev–Trinajstić information content (AvgIpc) is 2.67. The molecule has 3 nitrogen and oxygen atoms in total. The Labute approximate surface area is 160 Å². The third kappa shape index (κ3) is 3.08. The zero-order valence-electron chi connectivity index (χ0n) is 15.6. The predicted octanol–water partition coefficient (Wildman–Crippen LogP) is 5.12. The van der Waals surface area contributed by atoms with Crippen LogP contribution >= 0.6 is 0 Å². The molecule has 3 heteroatoms. The van der Waals surface area contributed by atoms with E-state index in [1.807, 2.05) is 0 Å². The number of carbonyl (C=O) groups is 1. The number of rotatable bonds is 5. The van der Waals surface area contributed by atoms with Gasteiger partial charge in [-0.3, -0.25) is 4.79 Å². The van der Waals surface area contributed by atoms with Gasteiger partial charge in [0.05, 0.1) is 0 Å². The summed E-state index contributed by atoms with van der Waals surface area (Å²) in [6.07, 6.45) is 8.53. The first-order chi connectivity index (χ1) is 13.1. The summed E-state index contributed by atoms with van der Waals surface area (Å²) in [5.74, 6) is 4.10. The molecule has 4 aliphatic carbocycles. The van der Waals surface area contributed by atoms with Gasteiger partial charge in [0.25, 0.3) is 0 Å². The number of benzene rings is 2.